The van der Waals surface area contributed by atoms with Crippen LogP contribution in [0.25, 0.3) is 0 Å². The maximum Gasteiger partial charge on any atom is 0.306 e. The molecule has 0 bridgehead atoms. The molecule has 1 atom stereocenters. The Hall–Kier alpha value is -0.490. The van der Waals surface area contributed by atoms with Gasteiger partial charge in [-0.3, -0.25) is 4.79 Å². The highest BCUT2D eigenvalue weighted by molar-refractivity contribution is 9.10. The summed E-state index contributed by atoms with van der Waals surface area (Å²) in [5.41, 5.74) is 0.546. The van der Waals surface area contributed by atoms with E-state index in [0.29, 0.717) is 20.2 Å². The number of hydrogen-bond acceptors (Lipinski definition) is 3. The SMILES string of the molecule is O=C(O)CC(O)CNc1ccc(Br)c(Cl)c1Cl. The molecule has 0 aromatic heterocycles. The number of aliphatic carboxylic acids is 1. The normalized spacial score (nSPS) is 12.2. The molecule has 0 aliphatic heterocycles. The van der Waals surface area contributed by atoms with Crippen molar-refractivity contribution >= 4 is 50.8 Å². The fourth-order valence-electron chi connectivity index (χ4n) is 1.16. The van der Waals surface area contributed by atoms with Gasteiger partial charge >= 0.3 is 5.97 Å². The number of aliphatic hydroxyl groups is 1. The summed E-state index contributed by atoms with van der Waals surface area (Å²) in [6, 6.07) is 3.39. The van der Waals surface area contributed by atoms with Crippen LogP contribution >= 0.6 is 39.1 Å². The third-order valence-electron chi connectivity index (χ3n) is 1.97. The van der Waals surface area contributed by atoms with Gasteiger partial charge in [0.25, 0.3) is 0 Å². The number of rotatable bonds is 5. The number of halogens is 3. The summed E-state index contributed by atoms with van der Waals surface area (Å²) >= 11 is 15.1. The molecule has 0 aliphatic carbocycles. The van der Waals surface area contributed by atoms with Gasteiger partial charge in [0.15, 0.2) is 0 Å². The van der Waals surface area contributed by atoms with Crippen molar-refractivity contribution in [2.45, 2.75) is 12.5 Å². The number of hydrogen-bond donors (Lipinski definition) is 3. The quantitative estimate of drug-likeness (QED) is 0.719. The molecule has 0 radical (unpaired) electrons. The van der Waals surface area contributed by atoms with E-state index in [1.54, 1.807) is 12.1 Å². The van der Waals surface area contributed by atoms with Crippen molar-refractivity contribution in [1.82, 2.24) is 0 Å². The first-order chi connectivity index (χ1) is 7.91. The Morgan fingerprint density at radius 1 is 1.41 bits per heavy atom. The maximum absolute atomic E-state index is 10.3. The van der Waals surface area contributed by atoms with Crippen molar-refractivity contribution in [3.05, 3.63) is 26.7 Å². The molecule has 0 fully saturated rings. The van der Waals surface area contributed by atoms with Crippen LogP contribution in [-0.4, -0.2) is 28.8 Å². The summed E-state index contributed by atoms with van der Waals surface area (Å²) in [5.74, 6) is -1.06. The number of benzene rings is 1. The lowest BCUT2D eigenvalue weighted by Crippen LogP contribution is -2.22. The van der Waals surface area contributed by atoms with E-state index in [4.69, 9.17) is 28.3 Å². The lowest BCUT2D eigenvalue weighted by atomic mass is 10.2. The van der Waals surface area contributed by atoms with Crippen LogP contribution in [0.4, 0.5) is 5.69 Å². The molecule has 0 amide bonds. The van der Waals surface area contributed by atoms with E-state index in [9.17, 15) is 9.90 Å². The monoisotopic (exact) mass is 341 g/mol. The van der Waals surface area contributed by atoms with Gasteiger partial charge < -0.3 is 15.5 Å². The van der Waals surface area contributed by atoms with Crippen LogP contribution in [0.3, 0.4) is 0 Å². The van der Waals surface area contributed by atoms with Gasteiger partial charge in [0.1, 0.15) is 0 Å². The maximum atomic E-state index is 10.3. The molecule has 1 unspecified atom stereocenters. The molecule has 0 saturated carbocycles. The van der Waals surface area contributed by atoms with Crippen LogP contribution in [0.2, 0.25) is 10.0 Å². The van der Waals surface area contributed by atoms with Crippen molar-refractivity contribution in [2.24, 2.45) is 0 Å². The highest BCUT2D eigenvalue weighted by Gasteiger charge is 2.12. The summed E-state index contributed by atoms with van der Waals surface area (Å²) in [6.45, 7) is 0.0873. The van der Waals surface area contributed by atoms with E-state index < -0.39 is 12.1 Å². The summed E-state index contributed by atoms with van der Waals surface area (Å²) in [6.07, 6.45) is -1.31. The van der Waals surface area contributed by atoms with Gasteiger partial charge in [-0.05, 0) is 28.1 Å². The molecule has 1 aromatic carbocycles. The Balaban J connectivity index is 2.64. The zero-order chi connectivity index (χ0) is 13.0. The van der Waals surface area contributed by atoms with Crippen LogP contribution in [0.15, 0.2) is 16.6 Å². The second-order valence-corrected chi connectivity index (χ2v) is 4.97. The minimum Gasteiger partial charge on any atom is -0.481 e. The van der Waals surface area contributed by atoms with Gasteiger partial charge in [-0.1, -0.05) is 23.2 Å². The van der Waals surface area contributed by atoms with Crippen LogP contribution in [0.1, 0.15) is 6.42 Å². The van der Waals surface area contributed by atoms with E-state index in [-0.39, 0.29) is 13.0 Å². The van der Waals surface area contributed by atoms with Gasteiger partial charge in [0, 0.05) is 11.0 Å². The van der Waals surface area contributed by atoms with E-state index in [2.05, 4.69) is 21.2 Å². The van der Waals surface area contributed by atoms with Crippen molar-refractivity contribution in [1.29, 1.82) is 0 Å². The van der Waals surface area contributed by atoms with Crippen molar-refractivity contribution < 1.29 is 15.0 Å². The predicted molar refractivity (Wildman–Crippen MR) is 70.9 cm³/mol. The Kier molecular flexibility index (Phi) is 5.52. The standard InChI is InChI=1S/C10H10BrCl2NO3/c11-6-1-2-7(10(13)9(6)12)14-4-5(15)3-8(16)17/h1-2,5,14-15H,3-4H2,(H,16,17). The topological polar surface area (TPSA) is 69.6 Å². The molecule has 0 spiro atoms. The molecule has 1 rings (SSSR count). The van der Waals surface area contributed by atoms with Gasteiger partial charge in [-0.25, -0.2) is 0 Å². The average Bonchev–Trinajstić information content (AvgIpc) is 2.24. The summed E-state index contributed by atoms with van der Waals surface area (Å²) in [7, 11) is 0. The van der Waals surface area contributed by atoms with Crippen molar-refractivity contribution in [2.75, 3.05) is 11.9 Å². The first kappa shape index (κ1) is 14.6. The second kappa shape index (κ2) is 6.44. The number of anilines is 1. The average molecular weight is 343 g/mol. The second-order valence-electron chi connectivity index (χ2n) is 3.36. The molecule has 4 nitrogen and oxygen atoms in total. The molecule has 17 heavy (non-hydrogen) atoms. The van der Waals surface area contributed by atoms with Gasteiger partial charge in [-0.15, -0.1) is 0 Å². The fraction of sp³-hybridized carbons (Fsp3) is 0.300. The van der Waals surface area contributed by atoms with Gasteiger partial charge in [-0.2, -0.15) is 0 Å². The number of nitrogens with one attached hydrogen (secondary N) is 1. The Morgan fingerprint density at radius 2 is 2.06 bits per heavy atom. The molecule has 1 aromatic rings. The minimum atomic E-state index is -1.06. The molecule has 0 heterocycles. The summed E-state index contributed by atoms with van der Waals surface area (Å²) < 4.78 is 0.667. The smallest absolute Gasteiger partial charge is 0.306 e. The summed E-state index contributed by atoms with van der Waals surface area (Å²) in [5, 5.41) is 21.4. The zero-order valence-electron chi connectivity index (χ0n) is 8.58. The Bertz CT molecular complexity index is 428. The van der Waals surface area contributed by atoms with E-state index in [1.807, 2.05) is 0 Å². The third kappa shape index (κ3) is 4.35. The van der Waals surface area contributed by atoms with Crippen molar-refractivity contribution in [3.63, 3.8) is 0 Å². The lowest BCUT2D eigenvalue weighted by molar-refractivity contribution is -0.138. The van der Waals surface area contributed by atoms with Crippen molar-refractivity contribution in [3.8, 4) is 0 Å². The largest absolute Gasteiger partial charge is 0.481 e. The highest BCUT2D eigenvalue weighted by atomic mass is 79.9. The van der Waals surface area contributed by atoms with Crippen LogP contribution in [0.5, 0.6) is 0 Å². The summed E-state index contributed by atoms with van der Waals surface area (Å²) in [4.78, 5) is 10.3. The molecule has 3 N–H and O–H groups in total. The first-order valence-corrected chi connectivity index (χ1v) is 6.24. The van der Waals surface area contributed by atoms with Gasteiger partial charge in [0.05, 0.1) is 28.3 Å². The van der Waals surface area contributed by atoms with Crippen LogP contribution in [0, 0.1) is 0 Å². The molecular formula is C10H10BrCl2NO3. The van der Waals surface area contributed by atoms with E-state index in [1.165, 1.54) is 0 Å². The predicted octanol–water partition coefficient (Wildman–Crippen LogP) is 3.00. The molecule has 0 aliphatic rings. The lowest BCUT2D eigenvalue weighted by Gasteiger charge is -2.13. The number of aliphatic hydroxyl groups excluding tert-OH is 1. The molecule has 7 heteroatoms. The number of carboxylic acid groups (broad SMARTS) is 1. The molecule has 0 saturated heterocycles. The van der Waals surface area contributed by atoms with E-state index in [0.717, 1.165) is 0 Å². The molecule has 94 valence electrons. The third-order valence-corrected chi connectivity index (χ3v) is 3.74. The zero-order valence-corrected chi connectivity index (χ0v) is 11.7. The Morgan fingerprint density at radius 3 is 2.65 bits per heavy atom. The fourth-order valence-corrected chi connectivity index (χ4v) is 2.00. The van der Waals surface area contributed by atoms with Crippen LogP contribution in [-0.2, 0) is 4.79 Å². The number of carbonyl (C=O) groups is 1. The minimum absolute atomic E-state index is 0.0873. The number of carboxylic acids is 1. The highest BCUT2D eigenvalue weighted by Crippen LogP contribution is 2.35. The first-order valence-electron chi connectivity index (χ1n) is 4.69. The van der Waals surface area contributed by atoms with Gasteiger partial charge in [0.2, 0.25) is 0 Å². The Labute approximate surface area is 117 Å². The molecular weight excluding hydrogens is 333 g/mol. The van der Waals surface area contributed by atoms with Crippen LogP contribution < -0.4 is 5.32 Å². The van der Waals surface area contributed by atoms with E-state index >= 15 is 0 Å².